The molecule has 0 saturated carbocycles. The number of anilines is 4. The number of para-hydroxylation sites is 4. The Hall–Kier alpha value is -5.57. The largest absolute Gasteiger partial charge is 0.495 e. The lowest BCUT2D eigenvalue weighted by atomic mass is 10.2. The molecule has 17 heteroatoms. The van der Waals surface area contributed by atoms with Gasteiger partial charge in [0.1, 0.15) is 35.4 Å². The zero-order valence-electron chi connectivity index (χ0n) is 32.7. The van der Waals surface area contributed by atoms with Crippen molar-refractivity contribution in [3.8, 4) is 23.0 Å². The van der Waals surface area contributed by atoms with Crippen LogP contribution in [0.15, 0.2) is 84.9 Å². The molecule has 14 nitrogen and oxygen atoms in total. The van der Waals surface area contributed by atoms with Gasteiger partial charge < -0.3 is 43.9 Å². The van der Waals surface area contributed by atoms with Crippen LogP contribution in [0.5, 0.6) is 23.0 Å². The molecule has 4 amide bonds. The lowest BCUT2D eigenvalue weighted by molar-refractivity contribution is -0.132. The number of carbonyl (C=O) groups excluding carboxylic acids is 4. The van der Waals surface area contributed by atoms with Gasteiger partial charge in [-0.2, -0.15) is 0 Å². The predicted molar refractivity (Wildman–Crippen MR) is 229 cm³/mol. The highest BCUT2D eigenvalue weighted by atomic mass is 35.5. The van der Waals surface area contributed by atoms with Crippen molar-refractivity contribution in [2.45, 2.75) is 0 Å². The molecule has 2 fully saturated rings. The number of alkyl halides is 1. The number of fused-ring (bicyclic) bond motifs is 2. The number of carbonyl (C=O) groups is 4. The second-order valence-corrected chi connectivity index (χ2v) is 14.7. The number of piperazine rings is 2. The Morgan fingerprint density at radius 2 is 1.17 bits per heavy atom. The smallest absolute Gasteiger partial charge is 0.265 e. The highest BCUT2D eigenvalue weighted by molar-refractivity contribution is 6.32. The minimum absolute atomic E-state index is 0.00463. The summed E-state index contributed by atoms with van der Waals surface area (Å²) in [4.78, 5) is 56.9. The molecule has 0 radical (unpaired) electrons. The molecule has 0 unspecified atom stereocenters. The van der Waals surface area contributed by atoms with E-state index in [1.165, 1.54) is 4.90 Å². The van der Waals surface area contributed by atoms with Crippen molar-refractivity contribution in [3.05, 3.63) is 95.0 Å². The van der Waals surface area contributed by atoms with Crippen molar-refractivity contribution in [1.82, 2.24) is 9.80 Å². The van der Waals surface area contributed by atoms with Crippen molar-refractivity contribution >= 4 is 81.2 Å². The number of rotatable bonds is 7. The zero-order valence-corrected chi connectivity index (χ0v) is 35.0. The van der Waals surface area contributed by atoms with Crippen molar-refractivity contribution in [2.24, 2.45) is 0 Å². The van der Waals surface area contributed by atoms with Crippen LogP contribution in [-0.4, -0.2) is 126 Å². The van der Waals surface area contributed by atoms with Gasteiger partial charge in [-0.3, -0.25) is 24.1 Å². The van der Waals surface area contributed by atoms with E-state index in [4.69, 9.17) is 53.8 Å². The molecule has 0 aliphatic carbocycles. The van der Waals surface area contributed by atoms with E-state index in [0.717, 1.165) is 35.9 Å². The Morgan fingerprint density at radius 1 is 0.661 bits per heavy atom. The molecule has 4 heterocycles. The first kappa shape index (κ1) is 43.0. The number of hydrogen-bond acceptors (Lipinski definition) is 10. The molecule has 4 aromatic carbocycles. The highest BCUT2D eigenvalue weighted by Gasteiger charge is 2.30. The predicted octanol–water partition coefficient (Wildman–Crippen LogP) is 5.68. The van der Waals surface area contributed by atoms with Crippen LogP contribution in [0.1, 0.15) is 0 Å². The minimum atomic E-state index is -0.205. The number of amides is 4. The Balaban J connectivity index is 0.000000166. The van der Waals surface area contributed by atoms with Crippen LogP contribution in [-0.2, 0) is 19.2 Å². The van der Waals surface area contributed by atoms with E-state index >= 15 is 0 Å². The zero-order chi connectivity index (χ0) is 41.9. The van der Waals surface area contributed by atoms with Gasteiger partial charge in [-0.25, -0.2) is 0 Å². The first-order valence-corrected chi connectivity index (χ1v) is 20.2. The Morgan fingerprint density at radius 3 is 1.73 bits per heavy atom. The normalized spacial score (nSPS) is 15.8. The SMILES string of the molecule is COc1cc(N2CCN(C(=O)CCl)CC2)ccc1Cl.COc1cc(N2CCN(C(=O)CN3C(=O)COc4ccccc43)CC2)ccc1Cl.O=C1COc2ccccc2N1. The number of halogens is 3. The summed E-state index contributed by atoms with van der Waals surface area (Å²) in [6, 6.07) is 26.0. The van der Waals surface area contributed by atoms with Crippen molar-refractivity contribution in [2.75, 3.05) is 112 Å². The molecule has 312 valence electrons. The van der Waals surface area contributed by atoms with E-state index in [0.29, 0.717) is 72.2 Å². The average molecular weight is 868 g/mol. The van der Waals surface area contributed by atoms with Crippen LogP contribution in [0.25, 0.3) is 0 Å². The van der Waals surface area contributed by atoms with E-state index < -0.39 is 0 Å². The summed E-state index contributed by atoms with van der Waals surface area (Å²) in [6.07, 6.45) is 0. The second-order valence-electron chi connectivity index (χ2n) is 13.6. The molecule has 0 bridgehead atoms. The first-order valence-electron chi connectivity index (χ1n) is 18.9. The molecule has 4 aliphatic heterocycles. The Kier molecular flexibility index (Phi) is 14.9. The van der Waals surface area contributed by atoms with Crippen LogP contribution >= 0.6 is 34.8 Å². The van der Waals surface area contributed by atoms with E-state index in [9.17, 15) is 19.2 Å². The molecule has 8 rings (SSSR count). The lowest BCUT2D eigenvalue weighted by Crippen LogP contribution is -2.53. The number of nitrogens with one attached hydrogen (secondary N) is 1. The van der Waals surface area contributed by atoms with Crippen LogP contribution < -0.4 is 39.0 Å². The van der Waals surface area contributed by atoms with Gasteiger partial charge in [0, 0.05) is 75.9 Å². The van der Waals surface area contributed by atoms with Crippen LogP contribution in [0.4, 0.5) is 22.7 Å². The molecule has 4 aliphatic rings. The van der Waals surface area contributed by atoms with E-state index in [1.54, 1.807) is 36.2 Å². The Bertz CT molecular complexity index is 2130. The fourth-order valence-electron chi connectivity index (χ4n) is 6.79. The third-order valence-corrected chi connectivity index (χ3v) is 10.9. The highest BCUT2D eigenvalue weighted by Crippen LogP contribution is 2.33. The third kappa shape index (κ3) is 10.9. The lowest BCUT2D eigenvalue weighted by Gasteiger charge is -2.37. The summed E-state index contributed by atoms with van der Waals surface area (Å²) in [5.41, 5.74) is 3.46. The van der Waals surface area contributed by atoms with Crippen LogP contribution in [0.2, 0.25) is 10.0 Å². The summed E-state index contributed by atoms with van der Waals surface area (Å²) < 4.78 is 21.1. The number of methoxy groups -OCH3 is 2. The quantitative estimate of drug-likeness (QED) is 0.232. The topological polar surface area (TPSA) is 133 Å². The number of ether oxygens (including phenoxy) is 4. The maximum Gasteiger partial charge on any atom is 0.265 e. The van der Waals surface area contributed by atoms with Crippen LogP contribution in [0.3, 0.4) is 0 Å². The fraction of sp³-hybridized carbons (Fsp3) is 0.333. The standard InChI is InChI=1S/C21H22ClN3O4.C13H16Cl2N2O2.C8H7NO2/c1-28-19-12-15(6-7-16(19)22)23-8-10-24(11-9-23)20(26)13-25-17-4-2-3-5-18(17)29-14-21(25)27;1-19-12-8-10(2-3-11(12)15)16-4-6-17(7-5-16)13(18)9-14;10-8-5-11-7-4-2-1-3-6(7)9-8/h2-7,12H,8-11,13-14H2,1H3;2-3,8H,4-7,9H2,1H3;1-4H,5H2,(H,9,10). The average Bonchev–Trinajstić information content (AvgIpc) is 3.28. The van der Waals surface area contributed by atoms with Crippen LogP contribution in [0, 0.1) is 0 Å². The molecule has 0 atom stereocenters. The minimum Gasteiger partial charge on any atom is -0.495 e. The maximum absolute atomic E-state index is 12.8. The number of nitrogens with zero attached hydrogens (tertiary/aromatic N) is 5. The fourth-order valence-corrected chi connectivity index (χ4v) is 7.35. The second kappa shape index (κ2) is 20.4. The molecule has 1 N–H and O–H groups in total. The van der Waals surface area contributed by atoms with Crippen molar-refractivity contribution in [3.63, 3.8) is 0 Å². The Labute approximate surface area is 358 Å². The number of benzene rings is 4. The van der Waals surface area contributed by atoms with E-state index in [-0.39, 0.29) is 49.3 Å². The van der Waals surface area contributed by atoms with Crippen molar-refractivity contribution in [1.29, 1.82) is 0 Å². The van der Waals surface area contributed by atoms with Gasteiger partial charge in [0.05, 0.1) is 35.6 Å². The van der Waals surface area contributed by atoms with Gasteiger partial charge in [0.25, 0.3) is 11.8 Å². The third-order valence-electron chi connectivity index (χ3n) is 10.0. The molecule has 59 heavy (non-hydrogen) atoms. The molecule has 0 spiro atoms. The van der Waals surface area contributed by atoms with Gasteiger partial charge in [0.15, 0.2) is 13.2 Å². The first-order chi connectivity index (χ1) is 28.6. The van der Waals surface area contributed by atoms with Gasteiger partial charge in [0.2, 0.25) is 11.8 Å². The summed E-state index contributed by atoms with van der Waals surface area (Å²) in [6.45, 7) is 5.62. The van der Waals surface area contributed by atoms with Crippen molar-refractivity contribution < 1.29 is 38.1 Å². The molecular weight excluding hydrogens is 823 g/mol. The summed E-state index contributed by atoms with van der Waals surface area (Å²) >= 11 is 17.7. The number of hydrogen-bond donors (Lipinski definition) is 1. The molecule has 2 saturated heterocycles. The van der Waals surface area contributed by atoms with Gasteiger partial charge in [-0.05, 0) is 48.5 Å². The van der Waals surface area contributed by atoms with E-state index in [2.05, 4.69) is 15.1 Å². The molecule has 0 aromatic heterocycles. The van der Waals surface area contributed by atoms with Gasteiger partial charge in [-0.1, -0.05) is 47.5 Å². The summed E-state index contributed by atoms with van der Waals surface area (Å²) in [5, 5.41) is 3.87. The summed E-state index contributed by atoms with van der Waals surface area (Å²) in [5.74, 6) is 2.35. The van der Waals surface area contributed by atoms with Gasteiger partial charge in [-0.15, -0.1) is 11.6 Å². The monoisotopic (exact) mass is 866 g/mol. The molecule has 4 aromatic rings. The van der Waals surface area contributed by atoms with Gasteiger partial charge >= 0.3 is 0 Å². The van der Waals surface area contributed by atoms with E-state index in [1.807, 2.05) is 72.8 Å². The summed E-state index contributed by atoms with van der Waals surface area (Å²) in [7, 11) is 3.19. The molecular formula is C42H45Cl3N6O8. The maximum atomic E-state index is 12.8.